The van der Waals surface area contributed by atoms with Gasteiger partial charge in [-0.15, -0.1) is 0 Å². The topological polar surface area (TPSA) is 3.24 Å². The first kappa shape index (κ1) is 10.4. The first-order chi connectivity index (χ1) is 5.52. The molecule has 74 valence electrons. The predicted molar refractivity (Wildman–Crippen MR) is 60.5 cm³/mol. The monoisotopic (exact) mass is 189 g/mol. The van der Waals surface area contributed by atoms with E-state index in [4.69, 9.17) is 0 Å². The summed E-state index contributed by atoms with van der Waals surface area (Å²) < 4.78 is 0. The van der Waals surface area contributed by atoms with E-state index < -0.39 is 0 Å². The van der Waals surface area contributed by atoms with Crippen molar-refractivity contribution in [1.29, 1.82) is 0 Å². The highest BCUT2D eigenvalue weighted by atomic mass is 32.2. The number of nitrogens with zero attached hydrogens (tertiary/aromatic N) is 1. The third-order valence-electron chi connectivity index (χ3n) is 2.77. The Balaban J connectivity index is 2.60. The molecule has 0 aromatic heterocycles. The van der Waals surface area contributed by atoms with Crippen LogP contribution < -0.4 is 0 Å². The van der Waals surface area contributed by atoms with Crippen LogP contribution in [0.25, 0.3) is 0 Å². The Morgan fingerprint density at radius 1 is 1.17 bits per heavy atom. The van der Waals surface area contributed by atoms with Gasteiger partial charge in [-0.3, -0.25) is 15.8 Å². The van der Waals surface area contributed by atoms with Gasteiger partial charge in [0.15, 0.2) is 0 Å². The molecular formula is C10H23NS. The zero-order valence-corrected chi connectivity index (χ0v) is 9.94. The maximum Gasteiger partial charge on any atom is 0.0147 e. The van der Waals surface area contributed by atoms with Crippen molar-refractivity contribution >= 4 is 10.9 Å². The summed E-state index contributed by atoms with van der Waals surface area (Å²) in [7, 11) is 0.337. The van der Waals surface area contributed by atoms with E-state index >= 15 is 0 Å². The van der Waals surface area contributed by atoms with Gasteiger partial charge in [-0.05, 0) is 45.5 Å². The molecule has 0 N–H and O–H groups in total. The van der Waals surface area contributed by atoms with Gasteiger partial charge in [0.05, 0.1) is 0 Å². The summed E-state index contributed by atoms with van der Waals surface area (Å²) in [5.41, 5.74) is 0. The highest BCUT2D eigenvalue weighted by molar-refractivity contribution is 8.16. The molecule has 0 spiro atoms. The van der Waals surface area contributed by atoms with Crippen LogP contribution in [0.3, 0.4) is 0 Å². The quantitative estimate of drug-likeness (QED) is 0.618. The van der Waals surface area contributed by atoms with Crippen LogP contribution in [0.4, 0.5) is 0 Å². The molecule has 12 heavy (non-hydrogen) atoms. The minimum Gasteiger partial charge on any atom is -0.294 e. The average molecular weight is 189 g/mol. The van der Waals surface area contributed by atoms with Crippen LogP contribution in [0, 0.1) is 0 Å². The van der Waals surface area contributed by atoms with E-state index in [0.717, 1.165) is 18.1 Å². The van der Waals surface area contributed by atoms with Gasteiger partial charge in [0.25, 0.3) is 0 Å². The van der Waals surface area contributed by atoms with Gasteiger partial charge in [0.2, 0.25) is 0 Å². The van der Waals surface area contributed by atoms with Crippen LogP contribution in [0.5, 0.6) is 0 Å². The van der Waals surface area contributed by atoms with Crippen LogP contribution >= 0.6 is 10.9 Å². The van der Waals surface area contributed by atoms with Crippen molar-refractivity contribution in [2.24, 2.45) is 0 Å². The average Bonchev–Trinajstić information content (AvgIpc) is 1.82. The Kier molecular flexibility index (Phi) is 3.47. The SMILES string of the molecule is CC(C)N1[C@H](C)C[SH](C)C[C@@H]1C. The molecule has 0 aromatic carbocycles. The van der Waals surface area contributed by atoms with Gasteiger partial charge in [0.1, 0.15) is 0 Å². The summed E-state index contributed by atoms with van der Waals surface area (Å²) in [5.74, 6) is 2.88. The standard InChI is InChI=1S/C10H23NS/c1-8(2)11-9(3)6-12(5)7-10(11)4/h8-10,12H,6-7H2,1-5H3/t9-,10+. The molecule has 1 nitrogen and oxygen atoms in total. The van der Waals surface area contributed by atoms with Gasteiger partial charge in [-0.25, -0.2) is 0 Å². The normalized spacial score (nSPS) is 42.0. The summed E-state index contributed by atoms with van der Waals surface area (Å²) in [5, 5.41) is 0. The molecule has 1 heterocycles. The van der Waals surface area contributed by atoms with Crippen molar-refractivity contribution in [3.8, 4) is 0 Å². The van der Waals surface area contributed by atoms with Crippen LogP contribution in [-0.2, 0) is 0 Å². The molecular weight excluding hydrogens is 166 g/mol. The summed E-state index contributed by atoms with van der Waals surface area (Å²) in [4.78, 5) is 2.67. The van der Waals surface area contributed by atoms with E-state index in [9.17, 15) is 0 Å². The number of hydrogen-bond donors (Lipinski definition) is 1. The van der Waals surface area contributed by atoms with E-state index in [-0.39, 0.29) is 0 Å². The number of thiol groups is 1. The van der Waals surface area contributed by atoms with E-state index in [1.807, 2.05) is 0 Å². The second-order valence-corrected chi connectivity index (χ2v) is 6.90. The van der Waals surface area contributed by atoms with Crippen molar-refractivity contribution in [3.63, 3.8) is 0 Å². The summed E-state index contributed by atoms with van der Waals surface area (Å²) in [6, 6.07) is 2.34. The van der Waals surface area contributed by atoms with E-state index in [1.165, 1.54) is 11.5 Å². The fraction of sp³-hybridized carbons (Fsp3) is 1.00. The van der Waals surface area contributed by atoms with Crippen molar-refractivity contribution in [1.82, 2.24) is 4.90 Å². The lowest BCUT2D eigenvalue weighted by atomic mass is 10.1. The third kappa shape index (κ3) is 2.17. The van der Waals surface area contributed by atoms with Crippen LogP contribution in [0.15, 0.2) is 0 Å². The van der Waals surface area contributed by atoms with Gasteiger partial charge >= 0.3 is 0 Å². The highest BCUT2D eigenvalue weighted by Gasteiger charge is 2.28. The molecule has 2 heteroatoms. The molecule has 1 unspecified atom stereocenters. The lowest BCUT2D eigenvalue weighted by molar-refractivity contribution is 0.131. The summed E-state index contributed by atoms with van der Waals surface area (Å²) >= 11 is 0. The number of rotatable bonds is 1. The molecule has 1 fully saturated rings. The van der Waals surface area contributed by atoms with E-state index in [0.29, 0.717) is 10.9 Å². The van der Waals surface area contributed by atoms with Crippen molar-refractivity contribution < 1.29 is 0 Å². The van der Waals surface area contributed by atoms with Gasteiger partial charge < -0.3 is 0 Å². The molecule has 0 bridgehead atoms. The van der Waals surface area contributed by atoms with Gasteiger partial charge in [0, 0.05) is 18.1 Å². The van der Waals surface area contributed by atoms with Crippen LogP contribution in [0.1, 0.15) is 27.7 Å². The Labute approximate surface area is 79.9 Å². The third-order valence-corrected chi connectivity index (χ3v) is 5.07. The lowest BCUT2D eigenvalue weighted by Gasteiger charge is -2.45. The fourth-order valence-corrected chi connectivity index (χ4v) is 4.95. The molecule has 0 aromatic rings. The Morgan fingerprint density at radius 3 is 1.92 bits per heavy atom. The zero-order chi connectivity index (χ0) is 9.30. The molecule has 0 radical (unpaired) electrons. The molecule has 1 aliphatic heterocycles. The summed E-state index contributed by atoms with van der Waals surface area (Å²) in [6.45, 7) is 9.40. The smallest absolute Gasteiger partial charge is 0.0147 e. The van der Waals surface area contributed by atoms with Crippen molar-refractivity contribution in [2.45, 2.75) is 45.8 Å². The molecule has 0 aliphatic carbocycles. The maximum absolute atomic E-state index is 2.67. The molecule has 1 saturated heterocycles. The minimum atomic E-state index is 0.337. The molecule has 1 rings (SSSR count). The zero-order valence-electron chi connectivity index (χ0n) is 9.04. The van der Waals surface area contributed by atoms with Crippen LogP contribution in [0.2, 0.25) is 0 Å². The second kappa shape index (κ2) is 4.01. The van der Waals surface area contributed by atoms with Crippen molar-refractivity contribution in [3.05, 3.63) is 0 Å². The lowest BCUT2D eigenvalue weighted by Crippen LogP contribution is -2.51. The summed E-state index contributed by atoms with van der Waals surface area (Å²) in [6.07, 6.45) is 2.44. The Hall–Kier alpha value is 0.310. The van der Waals surface area contributed by atoms with E-state index in [1.54, 1.807) is 0 Å². The highest BCUT2D eigenvalue weighted by Crippen LogP contribution is 2.32. The predicted octanol–water partition coefficient (Wildman–Crippen LogP) is 2.12. The van der Waals surface area contributed by atoms with Crippen molar-refractivity contribution in [2.75, 3.05) is 17.8 Å². The molecule has 0 saturated carbocycles. The largest absolute Gasteiger partial charge is 0.294 e. The molecule has 0 amide bonds. The first-order valence-electron chi connectivity index (χ1n) is 4.98. The Morgan fingerprint density at radius 2 is 1.58 bits per heavy atom. The Bertz CT molecular complexity index is 135. The second-order valence-electron chi connectivity index (χ2n) is 4.46. The van der Waals surface area contributed by atoms with Gasteiger partial charge in [-0.1, -0.05) is 0 Å². The number of hydrogen-bond acceptors (Lipinski definition) is 1. The molecule has 1 aliphatic rings. The van der Waals surface area contributed by atoms with Crippen LogP contribution in [-0.4, -0.2) is 40.8 Å². The first-order valence-corrected chi connectivity index (χ1v) is 7.14. The fourth-order valence-electron chi connectivity index (χ4n) is 2.62. The minimum absolute atomic E-state index is 0.337. The molecule has 3 atom stereocenters. The maximum atomic E-state index is 2.67. The van der Waals surface area contributed by atoms with E-state index in [2.05, 4.69) is 38.9 Å². The van der Waals surface area contributed by atoms with Gasteiger partial charge in [-0.2, -0.15) is 0 Å².